The van der Waals surface area contributed by atoms with Crippen molar-refractivity contribution >= 4 is 5.95 Å². The molecule has 4 nitrogen and oxygen atoms in total. The molecule has 104 valence electrons. The molecular weight excluding hydrogens is 248 g/mol. The summed E-state index contributed by atoms with van der Waals surface area (Å²) in [5, 5.41) is 0. The van der Waals surface area contributed by atoms with E-state index in [0.29, 0.717) is 11.9 Å². The van der Waals surface area contributed by atoms with Gasteiger partial charge in [-0.2, -0.15) is 9.97 Å². The SMILES string of the molecule is CCCc1nc(N)nc(C2CCc3ccccc3C2)n1. The highest BCUT2D eigenvalue weighted by atomic mass is 15.1. The molecule has 1 aliphatic rings. The normalized spacial score (nSPS) is 17.8. The average Bonchev–Trinajstić information content (AvgIpc) is 2.46. The lowest BCUT2D eigenvalue weighted by Gasteiger charge is -2.23. The topological polar surface area (TPSA) is 64.7 Å². The van der Waals surface area contributed by atoms with Crippen LogP contribution in [0.2, 0.25) is 0 Å². The van der Waals surface area contributed by atoms with Gasteiger partial charge in [0.1, 0.15) is 11.6 Å². The predicted octanol–water partition coefficient (Wildman–Crippen LogP) is 2.68. The number of aryl methyl sites for hydroxylation is 2. The van der Waals surface area contributed by atoms with Crippen molar-refractivity contribution < 1.29 is 0 Å². The molecule has 2 N–H and O–H groups in total. The minimum absolute atomic E-state index is 0.359. The lowest BCUT2D eigenvalue weighted by Crippen LogP contribution is -2.17. The van der Waals surface area contributed by atoms with Gasteiger partial charge in [-0.05, 0) is 36.8 Å². The van der Waals surface area contributed by atoms with E-state index in [2.05, 4.69) is 46.1 Å². The van der Waals surface area contributed by atoms with Crippen molar-refractivity contribution in [3.63, 3.8) is 0 Å². The first-order chi connectivity index (χ1) is 9.76. The Labute approximate surface area is 119 Å². The number of anilines is 1. The highest BCUT2D eigenvalue weighted by molar-refractivity contribution is 5.32. The Morgan fingerprint density at radius 3 is 2.75 bits per heavy atom. The van der Waals surface area contributed by atoms with Gasteiger partial charge in [0.15, 0.2) is 0 Å². The van der Waals surface area contributed by atoms with Gasteiger partial charge in [0, 0.05) is 12.3 Å². The van der Waals surface area contributed by atoms with Crippen molar-refractivity contribution in [3.8, 4) is 0 Å². The van der Waals surface area contributed by atoms with Crippen LogP contribution in [0.15, 0.2) is 24.3 Å². The van der Waals surface area contributed by atoms with Crippen molar-refractivity contribution in [2.75, 3.05) is 5.73 Å². The standard InChI is InChI=1S/C16H20N4/c1-2-5-14-18-15(20-16(17)19-14)13-9-8-11-6-3-4-7-12(11)10-13/h3-4,6-7,13H,2,5,8-10H2,1H3,(H2,17,18,19,20). The Morgan fingerprint density at radius 1 is 1.15 bits per heavy atom. The largest absolute Gasteiger partial charge is 0.368 e. The molecule has 1 unspecified atom stereocenters. The van der Waals surface area contributed by atoms with Crippen LogP contribution in [0.3, 0.4) is 0 Å². The van der Waals surface area contributed by atoms with Gasteiger partial charge >= 0.3 is 0 Å². The number of aromatic nitrogens is 3. The molecule has 0 saturated heterocycles. The molecule has 0 fully saturated rings. The van der Waals surface area contributed by atoms with Crippen LogP contribution in [0.5, 0.6) is 0 Å². The number of nitrogen functional groups attached to an aromatic ring is 1. The fraction of sp³-hybridized carbons (Fsp3) is 0.438. The molecule has 2 aromatic rings. The van der Waals surface area contributed by atoms with Crippen molar-refractivity contribution in [2.45, 2.75) is 44.9 Å². The molecule has 0 aliphatic heterocycles. The zero-order chi connectivity index (χ0) is 13.9. The predicted molar refractivity (Wildman–Crippen MR) is 79.4 cm³/mol. The molecule has 1 atom stereocenters. The fourth-order valence-corrected chi connectivity index (χ4v) is 2.89. The first kappa shape index (κ1) is 13.0. The molecule has 0 bridgehead atoms. The van der Waals surface area contributed by atoms with Crippen LogP contribution >= 0.6 is 0 Å². The van der Waals surface area contributed by atoms with E-state index in [4.69, 9.17) is 5.73 Å². The number of nitrogens with zero attached hydrogens (tertiary/aromatic N) is 3. The molecule has 0 amide bonds. The summed E-state index contributed by atoms with van der Waals surface area (Å²) in [6, 6.07) is 8.64. The van der Waals surface area contributed by atoms with E-state index in [1.807, 2.05) is 0 Å². The van der Waals surface area contributed by atoms with Gasteiger partial charge in [0.25, 0.3) is 0 Å². The summed E-state index contributed by atoms with van der Waals surface area (Å²) in [5.41, 5.74) is 8.70. The van der Waals surface area contributed by atoms with Crippen LogP contribution in [0.25, 0.3) is 0 Å². The maximum Gasteiger partial charge on any atom is 0.223 e. The van der Waals surface area contributed by atoms with Crippen molar-refractivity contribution in [2.24, 2.45) is 0 Å². The van der Waals surface area contributed by atoms with E-state index in [9.17, 15) is 0 Å². The summed E-state index contributed by atoms with van der Waals surface area (Å²) < 4.78 is 0. The van der Waals surface area contributed by atoms with E-state index < -0.39 is 0 Å². The Hall–Kier alpha value is -1.97. The second-order valence-electron chi connectivity index (χ2n) is 5.43. The summed E-state index contributed by atoms with van der Waals surface area (Å²) in [6.45, 7) is 2.12. The summed E-state index contributed by atoms with van der Waals surface area (Å²) >= 11 is 0. The van der Waals surface area contributed by atoms with E-state index >= 15 is 0 Å². The smallest absolute Gasteiger partial charge is 0.223 e. The van der Waals surface area contributed by atoms with E-state index in [-0.39, 0.29) is 0 Å². The van der Waals surface area contributed by atoms with Crippen LogP contribution in [0.4, 0.5) is 5.95 Å². The molecule has 0 spiro atoms. The molecule has 1 heterocycles. The summed E-state index contributed by atoms with van der Waals surface area (Å²) in [6.07, 6.45) is 5.08. The summed E-state index contributed by atoms with van der Waals surface area (Å²) in [4.78, 5) is 13.2. The van der Waals surface area contributed by atoms with E-state index in [1.165, 1.54) is 11.1 Å². The van der Waals surface area contributed by atoms with Crippen LogP contribution in [0.1, 0.15) is 48.5 Å². The third-order valence-corrected chi connectivity index (χ3v) is 3.90. The van der Waals surface area contributed by atoms with Gasteiger partial charge in [-0.15, -0.1) is 0 Å². The molecule has 1 aromatic heterocycles. The van der Waals surface area contributed by atoms with Crippen LogP contribution < -0.4 is 5.73 Å². The fourth-order valence-electron chi connectivity index (χ4n) is 2.89. The Kier molecular flexibility index (Phi) is 3.63. The lowest BCUT2D eigenvalue weighted by atomic mass is 9.83. The monoisotopic (exact) mass is 268 g/mol. The van der Waals surface area contributed by atoms with Gasteiger partial charge in [-0.3, -0.25) is 0 Å². The zero-order valence-corrected chi connectivity index (χ0v) is 11.8. The van der Waals surface area contributed by atoms with Gasteiger partial charge in [-0.25, -0.2) is 4.98 Å². The van der Waals surface area contributed by atoms with Gasteiger partial charge in [-0.1, -0.05) is 31.2 Å². The van der Waals surface area contributed by atoms with E-state index in [0.717, 1.165) is 43.8 Å². The molecule has 1 aromatic carbocycles. The van der Waals surface area contributed by atoms with Crippen LogP contribution in [0, 0.1) is 0 Å². The first-order valence-corrected chi connectivity index (χ1v) is 7.33. The Bertz CT molecular complexity index is 609. The summed E-state index contributed by atoms with van der Waals surface area (Å²) in [5.74, 6) is 2.42. The zero-order valence-electron chi connectivity index (χ0n) is 11.8. The van der Waals surface area contributed by atoms with Crippen LogP contribution in [-0.4, -0.2) is 15.0 Å². The summed E-state index contributed by atoms with van der Waals surface area (Å²) in [7, 11) is 0. The van der Waals surface area contributed by atoms with Crippen molar-refractivity contribution in [3.05, 3.63) is 47.0 Å². The Balaban J connectivity index is 1.87. The average molecular weight is 268 g/mol. The number of hydrogen-bond donors (Lipinski definition) is 1. The molecular formula is C16H20N4. The third-order valence-electron chi connectivity index (χ3n) is 3.90. The minimum Gasteiger partial charge on any atom is -0.368 e. The quantitative estimate of drug-likeness (QED) is 0.929. The minimum atomic E-state index is 0.359. The number of nitrogens with two attached hydrogens (primary N) is 1. The maximum absolute atomic E-state index is 5.83. The second-order valence-corrected chi connectivity index (χ2v) is 5.43. The molecule has 3 rings (SSSR count). The Morgan fingerprint density at radius 2 is 1.95 bits per heavy atom. The molecule has 4 heteroatoms. The van der Waals surface area contributed by atoms with Crippen molar-refractivity contribution in [1.29, 1.82) is 0 Å². The van der Waals surface area contributed by atoms with Gasteiger partial charge < -0.3 is 5.73 Å². The van der Waals surface area contributed by atoms with E-state index in [1.54, 1.807) is 0 Å². The second kappa shape index (κ2) is 5.57. The number of fused-ring (bicyclic) bond motifs is 1. The molecule has 20 heavy (non-hydrogen) atoms. The van der Waals surface area contributed by atoms with Gasteiger partial charge in [0.05, 0.1) is 0 Å². The highest BCUT2D eigenvalue weighted by Crippen LogP contribution is 2.31. The third kappa shape index (κ3) is 2.64. The highest BCUT2D eigenvalue weighted by Gasteiger charge is 2.22. The lowest BCUT2D eigenvalue weighted by molar-refractivity contribution is 0.548. The number of rotatable bonds is 3. The van der Waals surface area contributed by atoms with Crippen LogP contribution in [-0.2, 0) is 19.3 Å². The maximum atomic E-state index is 5.83. The van der Waals surface area contributed by atoms with Gasteiger partial charge in [0.2, 0.25) is 5.95 Å². The molecule has 0 saturated carbocycles. The number of hydrogen-bond acceptors (Lipinski definition) is 4. The number of benzene rings is 1. The molecule has 0 radical (unpaired) electrons. The van der Waals surface area contributed by atoms with Crippen molar-refractivity contribution in [1.82, 2.24) is 15.0 Å². The first-order valence-electron chi connectivity index (χ1n) is 7.33. The molecule has 1 aliphatic carbocycles.